The molecule has 1 saturated heterocycles. The lowest BCUT2D eigenvalue weighted by atomic mass is 10.0. The molecule has 0 N–H and O–H groups in total. The van der Waals surface area contributed by atoms with Crippen LogP contribution in [0.25, 0.3) is 0 Å². The molecule has 0 spiro atoms. The Labute approximate surface area is 120 Å². The van der Waals surface area contributed by atoms with Crippen molar-refractivity contribution >= 4 is 0 Å². The van der Waals surface area contributed by atoms with Crippen molar-refractivity contribution in [3.63, 3.8) is 0 Å². The number of rotatable bonds is 4. The zero-order valence-electron chi connectivity index (χ0n) is 12.4. The minimum Gasteiger partial charge on any atom is -0.494 e. The lowest BCUT2D eigenvalue weighted by molar-refractivity contribution is -0.0750. The maximum Gasteiger partial charge on any atom is 0.124 e. The van der Waals surface area contributed by atoms with E-state index in [1.54, 1.807) is 0 Å². The van der Waals surface area contributed by atoms with E-state index in [0.717, 1.165) is 24.4 Å². The van der Waals surface area contributed by atoms with E-state index in [-0.39, 0.29) is 18.2 Å². The summed E-state index contributed by atoms with van der Waals surface area (Å²) in [5, 5.41) is 9.51. The van der Waals surface area contributed by atoms with Crippen LogP contribution in [0.5, 0.6) is 5.75 Å². The molecule has 1 aliphatic heterocycles. The Bertz CT molecular complexity index is 456. The van der Waals surface area contributed by atoms with Gasteiger partial charge in [-0.2, -0.15) is 5.26 Å². The number of ether oxygens (including phenoxy) is 2. The highest BCUT2D eigenvalue weighted by Crippen LogP contribution is 2.26. The average Bonchev–Trinajstić information content (AvgIpc) is 2.41. The molecule has 108 valence electrons. The van der Waals surface area contributed by atoms with E-state index in [2.05, 4.69) is 24.8 Å². The van der Waals surface area contributed by atoms with Gasteiger partial charge in [0, 0.05) is 13.1 Å². The van der Waals surface area contributed by atoms with Crippen LogP contribution in [-0.4, -0.2) is 36.8 Å². The van der Waals surface area contributed by atoms with E-state index in [0.29, 0.717) is 6.61 Å². The van der Waals surface area contributed by atoms with Crippen LogP contribution in [-0.2, 0) is 4.74 Å². The Morgan fingerprint density at radius 2 is 1.90 bits per heavy atom. The second kappa shape index (κ2) is 6.74. The van der Waals surface area contributed by atoms with Crippen molar-refractivity contribution in [2.75, 3.05) is 19.7 Å². The third-order valence-electron chi connectivity index (χ3n) is 3.44. The molecule has 1 aromatic rings. The van der Waals surface area contributed by atoms with Crippen molar-refractivity contribution in [2.24, 2.45) is 0 Å². The highest BCUT2D eigenvalue weighted by atomic mass is 16.5. The molecule has 0 bridgehead atoms. The fraction of sp³-hybridized carbons (Fsp3) is 0.562. The molecule has 4 heteroatoms. The normalized spacial score (nSPS) is 24.9. The summed E-state index contributed by atoms with van der Waals surface area (Å²) in [6.07, 6.45) is 0.328. The van der Waals surface area contributed by atoms with Gasteiger partial charge in [0.1, 0.15) is 11.8 Å². The fourth-order valence-corrected chi connectivity index (χ4v) is 2.71. The Balaban J connectivity index is 2.13. The zero-order valence-corrected chi connectivity index (χ0v) is 12.4. The van der Waals surface area contributed by atoms with E-state index in [1.165, 1.54) is 0 Å². The fourth-order valence-electron chi connectivity index (χ4n) is 2.71. The van der Waals surface area contributed by atoms with E-state index in [1.807, 2.05) is 31.2 Å². The van der Waals surface area contributed by atoms with Crippen LogP contribution in [0.2, 0.25) is 0 Å². The monoisotopic (exact) mass is 274 g/mol. The van der Waals surface area contributed by atoms with Crippen LogP contribution in [0.4, 0.5) is 0 Å². The van der Waals surface area contributed by atoms with E-state index >= 15 is 0 Å². The van der Waals surface area contributed by atoms with Crippen molar-refractivity contribution in [1.29, 1.82) is 5.26 Å². The number of nitrogens with zero attached hydrogens (tertiary/aromatic N) is 2. The molecule has 0 aromatic heterocycles. The van der Waals surface area contributed by atoms with Gasteiger partial charge in [-0.15, -0.1) is 0 Å². The van der Waals surface area contributed by atoms with Crippen molar-refractivity contribution in [2.45, 2.75) is 39.0 Å². The molecule has 1 aromatic carbocycles. The molecule has 1 aliphatic rings. The third-order valence-corrected chi connectivity index (χ3v) is 3.44. The van der Waals surface area contributed by atoms with Gasteiger partial charge in [0.25, 0.3) is 0 Å². The highest BCUT2D eigenvalue weighted by Gasteiger charge is 2.28. The molecule has 3 unspecified atom stereocenters. The molecule has 0 radical (unpaired) electrons. The topological polar surface area (TPSA) is 45.5 Å². The third kappa shape index (κ3) is 3.50. The molecule has 1 fully saturated rings. The van der Waals surface area contributed by atoms with Gasteiger partial charge in [0.2, 0.25) is 0 Å². The molecule has 1 heterocycles. The van der Waals surface area contributed by atoms with E-state index < -0.39 is 0 Å². The predicted octanol–water partition coefficient (Wildman–Crippen LogP) is 2.76. The Hall–Kier alpha value is -1.57. The molecule has 2 rings (SSSR count). The van der Waals surface area contributed by atoms with Crippen molar-refractivity contribution in [3.8, 4) is 11.8 Å². The van der Waals surface area contributed by atoms with Crippen LogP contribution in [0.3, 0.4) is 0 Å². The smallest absolute Gasteiger partial charge is 0.124 e. The van der Waals surface area contributed by atoms with Crippen LogP contribution >= 0.6 is 0 Å². The highest BCUT2D eigenvalue weighted by molar-refractivity contribution is 5.31. The minimum atomic E-state index is -0.223. The molecule has 0 saturated carbocycles. The summed E-state index contributed by atoms with van der Waals surface area (Å²) in [6.45, 7) is 8.29. The first kappa shape index (κ1) is 14.8. The van der Waals surface area contributed by atoms with Gasteiger partial charge in [-0.05, 0) is 38.5 Å². The van der Waals surface area contributed by atoms with Gasteiger partial charge >= 0.3 is 0 Å². The zero-order chi connectivity index (χ0) is 14.5. The van der Waals surface area contributed by atoms with Gasteiger partial charge in [0.15, 0.2) is 0 Å². The van der Waals surface area contributed by atoms with Gasteiger partial charge in [-0.3, -0.25) is 4.90 Å². The molecule has 20 heavy (non-hydrogen) atoms. The quantitative estimate of drug-likeness (QED) is 0.847. The molecule has 4 nitrogen and oxygen atoms in total. The summed E-state index contributed by atoms with van der Waals surface area (Å²) in [5.74, 6) is 0.844. The van der Waals surface area contributed by atoms with Crippen molar-refractivity contribution in [3.05, 3.63) is 29.8 Å². The first-order chi connectivity index (χ1) is 9.63. The van der Waals surface area contributed by atoms with E-state index in [9.17, 15) is 5.26 Å². The van der Waals surface area contributed by atoms with E-state index in [4.69, 9.17) is 9.47 Å². The summed E-state index contributed by atoms with van der Waals surface area (Å²) < 4.78 is 11.2. The van der Waals surface area contributed by atoms with Gasteiger partial charge < -0.3 is 9.47 Å². The lowest BCUT2D eigenvalue weighted by Gasteiger charge is -2.37. The second-order valence-corrected chi connectivity index (χ2v) is 5.24. The predicted molar refractivity (Wildman–Crippen MR) is 77.5 cm³/mol. The number of hydrogen-bond donors (Lipinski definition) is 0. The van der Waals surface area contributed by atoms with Crippen LogP contribution in [0, 0.1) is 11.3 Å². The average molecular weight is 274 g/mol. The maximum atomic E-state index is 9.51. The lowest BCUT2D eigenvalue weighted by Crippen LogP contribution is -2.46. The molecule has 3 atom stereocenters. The first-order valence-electron chi connectivity index (χ1n) is 7.16. The largest absolute Gasteiger partial charge is 0.494 e. The summed E-state index contributed by atoms with van der Waals surface area (Å²) in [5.41, 5.74) is 1.01. The number of nitriles is 1. The summed E-state index contributed by atoms with van der Waals surface area (Å²) >= 11 is 0. The molecular weight excluding hydrogens is 252 g/mol. The summed E-state index contributed by atoms with van der Waals surface area (Å²) in [7, 11) is 0. The Kier molecular flexibility index (Phi) is 4.99. The van der Waals surface area contributed by atoms with Gasteiger partial charge in [-0.1, -0.05) is 12.1 Å². The molecular formula is C16H22N2O2. The maximum absolute atomic E-state index is 9.51. The first-order valence-corrected chi connectivity index (χ1v) is 7.16. The van der Waals surface area contributed by atoms with Crippen LogP contribution < -0.4 is 4.74 Å². The Morgan fingerprint density at radius 1 is 1.30 bits per heavy atom. The minimum absolute atomic E-state index is 0.164. The molecule has 0 amide bonds. The summed E-state index contributed by atoms with van der Waals surface area (Å²) in [6, 6.07) is 9.99. The SMILES string of the molecule is CCOc1ccc(C(C#N)N2CC(C)OC(C)C2)cc1. The van der Waals surface area contributed by atoms with Crippen molar-refractivity contribution in [1.82, 2.24) is 4.90 Å². The summed E-state index contributed by atoms with van der Waals surface area (Å²) in [4.78, 5) is 2.19. The van der Waals surface area contributed by atoms with Crippen LogP contribution in [0.1, 0.15) is 32.4 Å². The van der Waals surface area contributed by atoms with Crippen molar-refractivity contribution < 1.29 is 9.47 Å². The van der Waals surface area contributed by atoms with Gasteiger partial charge in [-0.25, -0.2) is 0 Å². The number of benzene rings is 1. The second-order valence-electron chi connectivity index (χ2n) is 5.24. The molecule has 0 aliphatic carbocycles. The number of morpholine rings is 1. The van der Waals surface area contributed by atoms with Gasteiger partial charge in [0.05, 0.1) is 24.9 Å². The number of hydrogen-bond acceptors (Lipinski definition) is 4. The Morgan fingerprint density at radius 3 is 2.40 bits per heavy atom. The standard InChI is InChI=1S/C16H22N2O2/c1-4-19-15-7-5-14(6-8-15)16(9-17)18-10-12(2)20-13(3)11-18/h5-8,12-13,16H,4,10-11H2,1-3H3. The van der Waals surface area contributed by atoms with Crippen LogP contribution in [0.15, 0.2) is 24.3 Å².